The van der Waals surface area contributed by atoms with Crippen molar-refractivity contribution >= 4 is 0 Å². The Morgan fingerprint density at radius 1 is 1.40 bits per heavy atom. The van der Waals surface area contributed by atoms with Crippen molar-refractivity contribution in [2.24, 2.45) is 0 Å². The molecule has 2 nitrogen and oxygen atoms in total. The molecule has 0 aromatic heterocycles. The zero-order chi connectivity index (χ0) is 8.20. The van der Waals surface area contributed by atoms with E-state index in [1.165, 1.54) is 0 Å². The van der Waals surface area contributed by atoms with Crippen molar-refractivity contribution in [2.45, 2.75) is 45.7 Å². The van der Waals surface area contributed by atoms with E-state index in [1.807, 2.05) is 0 Å². The molecule has 1 atom stereocenters. The maximum Gasteiger partial charge on any atom is 0.0584 e. The van der Waals surface area contributed by atoms with Gasteiger partial charge in [-0.2, -0.15) is 0 Å². The van der Waals surface area contributed by atoms with Crippen molar-refractivity contribution < 1.29 is 5.11 Å². The van der Waals surface area contributed by atoms with Gasteiger partial charge in [0.25, 0.3) is 0 Å². The molecule has 0 aliphatic heterocycles. The van der Waals surface area contributed by atoms with Gasteiger partial charge < -0.3 is 10.4 Å². The fourth-order valence-corrected chi connectivity index (χ4v) is 0.889. The van der Waals surface area contributed by atoms with Crippen LogP contribution in [0.5, 0.6) is 0 Å². The van der Waals surface area contributed by atoms with Crippen LogP contribution in [0.2, 0.25) is 0 Å². The highest BCUT2D eigenvalue weighted by molar-refractivity contribution is 4.76. The Hall–Kier alpha value is -0.0800. The quantitative estimate of drug-likeness (QED) is 0.624. The number of aliphatic hydroxyl groups excluding tert-OH is 1. The molecule has 0 saturated heterocycles. The van der Waals surface area contributed by atoms with E-state index in [1.54, 1.807) is 0 Å². The van der Waals surface area contributed by atoms with E-state index in [0.29, 0.717) is 0 Å². The van der Waals surface area contributed by atoms with E-state index in [4.69, 9.17) is 5.11 Å². The van der Waals surface area contributed by atoms with Crippen LogP contribution in [-0.4, -0.2) is 23.3 Å². The number of hydrogen-bond acceptors (Lipinski definition) is 2. The van der Waals surface area contributed by atoms with Crippen LogP contribution in [0.3, 0.4) is 0 Å². The lowest BCUT2D eigenvalue weighted by molar-refractivity contribution is 0.212. The van der Waals surface area contributed by atoms with Crippen molar-refractivity contribution in [3.63, 3.8) is 0 Å². The topological polar surface area (TPSA) is 32.3 Å². The predicted octanol–water partition coefficient (Wildman–Crippen LogP) is 1.15. The number of hydrogen-bond donors (Lipinski definition) is 2. The van der Waals surface area contributed by atoms with Gasteiger partial charge in [-0.1, -0.05) is 6.92 Å². The van der Waals surface area contributed by atoms with Crippen molar-refractivity contribution in [1.29, 1.82) is 0 Å². The van der Waals surface area contributed by atoms with Crippen molar-refractivity contribution in [3.05, 3.63) is 0 Å². The standard InChI is InChI=1S/C8H19NO/c1-5-7(6-10)9-8(2,3)4/h7,9-10H,5-6H2,1-4H3. The highest BCUT2D eigenvalue weighted by Gasteiger charge is 2.13. The van der Waals surface area contributed by atoms with Gasteiger partial charge in [0.15, 0.2) is 0 Å². The summed E-state index contributed by atoms with van der Waals surface area (Å²) in [5, 5.41) is 12.1. The van der Waals surface area contributed by atoms with E-state index in [2.05, 4.69) is 33.0 Å². The molecule has 0 aliphatic carbocycles. The highest BCUT2D eigenvalue weighted by Crippen LogP contribution is 2.02. The smallest absolute Gasteiger partial charge is 0.0584 e. The molecular formula is C8H19NO. The van der Waals surface area contributed by atoms with Gasteiger partial charge >= 0.3 is 0 Å². The van der Waals surface area contributed by atoms with Gasteiger partial charge in [0, 0.05) is 11.6 Å². The van der Waals surface area contributed by atoms with Crippen molar-refractivity contribution in [1.82, 2.24) is 5.32 Å². The van der Waals surface area contributed by atoms with E-state index >= 15 is 0 Å². The molecule has 0 aromatic carbocycles. The highest BCUT2D eigenvalue weighted by atomic mass is 16.3. The van der Waals surface area contributed by atoms with E-state index < -0.39 is 0 Å². The van der Waals surface area contributed by atoms with Crippen molar-refractivity contribution in [3.8, 4) is 0 Å². The summed E-state index contributed by atoms with van der Waals surface area (Å²) in [4.78, 5) is 0. The summed E-state index contributed by atoms with van der Waals surface area (Å²) in [7, 11) is 0. The molecule has 0 spiro atoms. The normalized spacial score (nSPS) is 15.3. The first kappa shape index (κ1) is 9.92. The molecule has 2 N–H and O–H groups in total. The Kier molecular flexibility index (Phi) is 3.91. The summed E-state index contributed by atoms with van der Waals surface area (Å²) in [5.74, 6) is 0. The molecule has 0 fully saturated rings. The lowest BCUT2D eigenvalue weighted by Crippen LogP contribution is -2.45. The molecule has 0 rings (SSSR count). The zero-order valence-corrected chi connectivity index (χ0v) is 7.44. The average Bonchev–Trinajstić information content (AvgIpc) is 1.81. The summed E-state index contributed by atoms with van der Waals surface area (Å²) < 4.78 is 0. The summed E-state index contributed by atoms with van der Waals surface area (Å²) in [6, 6.07) is 0.250. The number of rotatable bonds is 3. The molecule has 0 bridgehead atoms. The van der Waals surface area contributed by atoms with Crippen LogP contribution in [0.15, 0.2) is 0 Å². The molecule has 0 aromatic rings. The molecule has 10 heavy (non-hydrogen) atoms. The van der Waals surface area contributed by atoms with Gasteiger partial charge in [-0.3, -0.25) is 0 Å². The first-order valence-corrected chi connectivity index (χ1v) is 3.88. The molecule has 1 unspecified atom stereocenters. The third-order valence-corrected chi connectivity index (χ3v) is 1.35. The predicted molar refractivity (Wildman–Crippen MR) is 44.1 cm³/mol. The van der Waals surface area contributed by atoms with Crippen LogP contribution in [-0.2, 0) is 0 Å². The van der Waals surface area contributed by atoms with Gasteiger partial charge in [0.2, 0.25) is 0 Å². The van der Waals surface area contributed by atoms with Crippen LogP contribution in [0.4, 0.5) is 0 Å². The van der Waals surface area contributed by atoms with Crippen molar-refractivity contribution in [2.75, 3.05) is 6.61 Å². The Labute approximate surface area is 63.6 Å². The fraction of sp³-hybridized carbons (Fsp3) is 1.00. The van der Waals surface area contributed by atoms with E-state index in [-0.39, 0.29) is 18.2 Å². The van der Waals surface area contributed by atoms with Gasteiger partial charge in [-0.25, -0.2) is 0 Å². The maximum atomic E-state index is 8.83. The Morgan fingerprint density at radius 3 is 2.00 bits per heavy atom. The fourth-order valence-electron chi connectivity index (χ4n) is 0.889. The Bertz CT molecular complexity index is 81.7. The Morgan fingerprint density at radius 2 is 1.90 bits per heavy atom. The minimum atomic E-state index is 0.114. The minimum Gasteiger partial charge on any atom is -0.395 e. The van der Waals surface area contributed by atoms with Gasteiger partial charge in [0.1, 0.15) is 0 Å². The molecule has 2 heteroatoms. The third kappa shape index (κ3) is 4.77. The van der Waals surface area contributed by atoms with E-state index in [9.17, 15) is 0 Å². The average molecular weight is 145 g/mol. The largest absolute Gasteiger partial charge is 0.395 e. The SMILES string of the molecule is CCC(CO)NC(C)(C)C. The molecule has 0 amide bonds. The van der Waals surface area contributed by atoms with Gasteiger partial charge in [0.05, 0.1) is 6.61 Å². The number of nitrogens with one attached hydrogen (secondary N) is 1. The van der Waals surface area contributed by atoms with Gasteiger partial charge in [-0.05, 0) is 27.2 Å². The molecule has 0 saturated carbocycles. The number of aliphatic hydroxyl groups is 1. The van der Waals surface area contributed by atoms with Crippen LogP contribution in [0, 0.1) is 0 Å². The summed E-state index contributed by atoms with van der Waals surface area (Å²) in [5.41, 5.74) is 0.114. The Balaban J connectivity index is 3.63. The summed E-state index contributed by atoms with van der Waals surface area (Å²) >= 11 is 0. The lowest BCUT2D eigenvalue weighted by atomic mass is 10.1. The van der Waals surface area contributed by atoms with Crippen LogP contribution in [0.1, 0.15) is 34.1 Å². The summed E-state index contributed by atoms with van der Waals surface area (Å²) in [6.45, 7) is 8.61. The van der Waals surface area contributed by atoms with Gasteiger partial charge in [-0.15, -0.1) is 0 Å². The second kappa shape index (κ2) is 3.94. The molecule has 0 heterocycles. The molecule has 62 valence electrons. The minimum absolute atomic E-state index is 0.114. The first-order chi connectivity index (χ1) is 4.49. The molecular weight excluding hydrogens is 126 g/mol. The van der Waals surface area contributed by atoms with Crippen LogP contribution in [0.25, 0.3) is 0 Å². The first-order valence-electron chi connectivity index (χ1n) is 3.88. The summed E-state index contributed by atoms with van der Waals surface area (Å²) in [6.07, 6.45) is 0.980. The van der Waals surface area contributed by atoms with Crippen LogP contribution < -0.4 is 5.32 Å². The molecule has 0 radical (unpaired) electrons. The second-order valence-electron chi connectivity index (χ2n) is 3.68. The zero-order valence-electron chi connectivity index (χ0n) is 7.44. The second-order valence-corrected chi connectivity index (χ2v) is 3.68. The molecule has 0 aliphatic rings. The van der Waals surface area contributed by atoms with E-state index in [0.717, 1.165) is 6.42 Å². The van der Waals surface area contributed by atoms with Crippen LogP contribution >= 0.6 is 0 Å². The lowest BCUT2D eigenvalue weighted by Gasteiger charge is -2.26. The third-order valence-electron chi connectivity index (χ3n) is 1.35. The monoisotopic (exact) mass is 145 g/mol. The maximum absolute atomic E-state index is 8.83.